The number of aromatic hydroxyl groups is 1. The normalized spacial score (nSPS) is 18.1. The summed E-state index contributed by atoms with van der Waals surface area (Å²) in [5.74, 6) is 0.345. The van der Waals surface area contributed by atoms with Crippen LogP contribution in [-0.2, 0) is 6.54 Å². The van der Waals surface area contributed by atoms with Gasteiger partial charge in [-0.25, -0.2) is 0 Å². The van der Waals surface area contributed by atoms with Crippen molar-refractivity contribution in [1.29, 1.82) is 0 Å². The fraction of sp³-hybridized carbons (Fsp3) is 0.600. The van der Waals surface area contributed by atoms with Crippen LogP contribution in [0.15, 0.2) is 18.2 Å². The van der Waals surface area contributed by atoms with Crippen LogP contribution in [0, 0.1) is 12.3 Å². The molecule has 3 N–H and O–H groups in total. The van der Waals surface area contributed by atoms with Crippen molar-refractivity contribution >= 4 is 0 Å². The van der Waals surface area contributed by atoms with Gasteiger partial charge in [-0.3, -0.25) is 0 Å². The van der Waals surface area contributed by atoms with Crippen LogP contribution >= 0.6 is 0 Å². The van der Waals surface area contributed by atoms with Gasteiger partial charge in [0.25, 0.3) is 0 Å². The molecule has 1 aliphatic carbocycles. The predicted octanol–water partition coefficient (Wildman–Crippen LogP) is 2.34. The van der Waals surface area contributed by atoms with Crippen LogP contribution in [0.3, 0.4) is 0 Å². The lowest BCUT2D eigenvalue weighted by atomic mass is 9.87. The maximum atomic E-state index is 9.76. The summed E-state index contributed by atoms with van der Waals surface area (Å²) in [6.07, 6.45) is 4.66. The molecule has 0 spiro atoms. The van der Waals surface area contributed by atoms with Crippen molar-refractivity contribution in [2.45, 2.75) is 39.2 Å². The highest BCUT2D eigenvalue weighted by Crippen LogP contribution is 2.37. The minimum atomic E-state index is 0.0689. The van der Waals surface area contributed by atoms with E-state index in [9.17, 15) is 10.2 Å². The Balaban J connectivity index is 1.89. The monoisotopic (exact) mass is 249 g/mol. The summed E-state index contributed by atoms with van der Waals surface area (Å²) in [6, 6.07) is 5.65. The van der Waals surface area contributed by atoms with Gasteiger partial charge in [0.15, 0.2) is 0 Å². The largest absolute Gasteiger partial charge is 0.508 e. The molecule has 0 unspecified atom stereocenters. The van der Waals surface area contributed by atoms with Gasteiger partial charge in [-0.05, 0) is 25.8 Å². The number of phenolic OH excluding ortho intramolecular Hbond substituents is 1. The molecular weight excluding hydrogens is 226 g/mol. The van der Waals surface area contributed by atoms with E-state index in [-0.39, 0.29) is 12.0 Å². The number of aliphatic hydroxyl groups is 1. The second kappa shape index (κ2) is 5.72. The first-order valence-corrected chi connectivity index (χ1v) is 6.75. The Bertz CT molecular complexity index is 397. The first-order valence-electron chi connectivity index (χ1n) is 6.75. The quantitative estimate of drug-likeness (QED) is 0.751. The molecule has 1 aromatic carbocycles. The molecule has 0 aliphatic heterocycles. The molecule has 100 valence electrons. The smallest absolute Gasteiger partial charge is 0.120 e. The summed E-state index contributed by atoms with van der Waals surface area (Å²) >= 11 is 0. The lowest BCUT2D eigenvalue weighted by Gasteiger charge is -2.26. The molecule has 1 aromatic rings. The minimum absolute atomic E-state index is 0.0689. The van der Waals surface area contributed by atoms with Crippen LogP contribution in [0.4, 0.5) is 0 Å². The van der Waals surface area contributed by atoms with E-state index in [2.05, 4.69) is 5.32 Å². The first kappa shape index (κ1) is 13.4. The van der Waals surface area contributed by atoms with Gasteiger partial charge in [0.1, 0.15) is 5.75 Å². The van der Waals surface area contributed by atoms with Gasteiger partial charge in [-0.2, -0.15) is 0 Å². The summed E-state index contributed by atoms with van der Waals surface area (Å²) in [4.78, 5) is 0. The number of hydrogen-bond acceptors (Lipinski definition) is 3. The van der Waals surface area contributed by atoms with E-state index in [4.69, 9.17) is 0 Å². The van der Waals surface area contributed by atoms with Gasteiger partial charge < -0.3 is 15.5 Å². The Morgan fingerprint density at radius 3 is 2.67 bits per heavy atom. The summed E-state index contributed by atoms with van der Waals surface area (Å²) in [5.41, 5.74) is 2.16. The topological polar surface area (TPSA) is 52.5 Å². The highest BCUT2D eigenvalue weighted by atomic mass is 16.3. The molecule has 18 heavy (non-hydrogen) atoms. The Hall–Kier alpha value is -1.06. The van der Waals surface area contributed by atoms with Crippen molar-refractivity contribution in [2.24, 2.45) is 5.41 Å². The average Bonchev–Trinajstić information content (AvgIpc) is 2.83. The van der Waals surface area contributed by atoms with E-state index >= 15 is 0 Å². The van der Waals surface area contributed by atoms with Crippen LogP contribution in [-0.4, -0.2) is 23.4 Å². The Morgan fingerprint density at radius 1 is 1.28 bits per heavy atom. The van der Waals surface area contributed by atoms with Crippen LogP contribution in [0.25, 0.3) is 0 Å². The van der Waals surface area contributed by atoms with E-state index in [1.807, 2.05) is 19.1 Å². The van der Waals surface area contributed by atoms with E-state index in [0.717, 1.165) is 30.5 Å². The second-order valence-corrected chi connectivity index (χ2v) is 5.60. The molecule has 0 aromatic heterocycles. The van der Waals surface area contributed by atoms with Crippen molar-refractivity contribution in [2.75, 3.05) is 13.2 Å². The van der Waals surface area contributed by atoms with Crippen molar-refractivity contribution in [3.05, 3.63) is 29.3 Å². The standard InChI is InChI=1S/C15H23NO2/c1-12-4-5-14(18)13(8-12)9-16-10-15(11-17)6-2-3-7-15/h4-5,8,16-18H,2-3,6-7,9-11H2,1H3. The summed E-state index contributed by atoms with van der Waals surface area (Å²) in [6.45, 7) is 3.78. The summed E-state index contributed by atoms with van der Waals surface area (Å²) in [5, 5.41) is 22.7. The lowest BCUT2D eigenvalue weighted by Crippen LogP contribution is -2.34. The number of nitrogens with one attached hydrogen (secondary N) is 1. The van der Waals surface area contributed by atoms with Crippen LogP contribution in [0.1, 0.15) is 36.8 Å². The molecule has 3 nitrogen and oxygen atoms in total. The zero-order valence-electron chi connectivity index (χ0n) is 11.1. The number of aryl methyl sites for hydroxylation is 1. The third-order valence-corrected chi connectivity index (χ3v) is 4.05. The van der Waals surface area contributed by atoms with Gasteiger partial charge in [0, 0.05) is 30.7 Å². The van der Waals surface area contributed by atoms with Crippen molar-refractivity contribution in [3.63, 3.8) is 0 Å². The molecule has 3 heteroatoms. The Labute approximate surface area is 109 Å². The zero-order chi connectivity index (χ0) is 13.0. The molecule has 0 atom stereocenters. The summed E-state index contributed by atoms with van der Waals surface area (Å²) < 4.78 is 0. The van der Waals surface area contributed by atoms with E-state index in [1.165, 1.54) is 12.8 Å². The molecule has 2 rings (SSSR count). The van der Waals surface area contributed by atoms with Crippen LogP contribution < -0.4 is 5.32 Å². The maximum absolute atomic E-state index is 9.76. The Morgan fingerprint density at radius 2 is 2.00 bits per heavy atom. The second-order valence-electron chi connectivity index (χ2n) is 5.60. The molecular formula is C15H23NO2. The Kier molecular flexibility index (Phi) is 4.25. The number of hydrogen-bond donors (Lipinski definition) is 3. The lowest BCUT2D eigenvalue weighted by molar-refractivity contribution is 0.128. The SMILES string of the molecule is Cc1ccc(O)c(CNCC2(CO)CCCC2)c1. The molecule has 0 saturated heterocycles. The average molecular weight is 249 g/mol. The number of benzene rings is 1. The van der Waals surface area contributed by atoms with Gasteiger partial charge in [-0.1, -0.05) is 30.5 Å². The van der Waals surface area contributed by atoms with E-state index < -0.39 is 0 Å². The fourth-order valence-corrected chi connectivity index (χ4v) is 2.83. The molecule has 0 heterocycles. The fourth-order valence-electron chi connectivity index (χ4n) is 2.83. The predicted molar refractivity (Wildman–Crippen MR) is 72.5 cm³/mol. The van der Waals surface area contributed by atoms with Crippen LogP contribution in [0.5, 0.6) is 5.75 Å². The van der Waals surface area contributed by atoms with Crippen molar-refractivity contribution < 1.29 is 10.2 Å². The molecule has 1 saturated carbocycles. The maximum Gasteiger partial charge on any atom is 0.120 e. The van der Waals surface area contributed by atoms with Gasteiger partial charge in [0.05, 0.1) is 0 Å². The van der Waals surface area contributed by atoms with E-state index in [0.29, 0.717) is 12.3 Å². The molecule has 0 amide bonds. The minimum Gasteiger partial charge on any atom is -0.508 e. The number of rotatable bonds is 5. The van der Waals surface area contributed by atoms with Crippen molar-refractivity contribution in [1.82, 2.24) is 5.32 Å². The molecule has 1 aliphatic rings. The van der Waals surface area contributed by atoms with Crippen LogP contribution in [0.2, 0.25) is 0 Å². The third kappa shape index (κ3) is 3.03. The third-order valence-electron chi connectivity index (χ3n) is 4.05. The van der Waals surface area contributed by atoms with Crippen molar-refractivity contribution in [3.8, 4) is 5.75 Å². The highest BCUT2D eigenvalue weighted by molar-refractivity contribution is 5.35. The van der Waals surface area contributed by atoms with Gasteiger partial charge in [0.2, 0.25) is 0 Å². The van der Waals surface area contributed by atoms with Gasteiger partial charge in [-0.15, -0.1) is 0 Å². The van der Waals surface area contributed by atoms with E-state index in [1.54, 1.807) is 6.07 Å². The first-order chi connectivity index (χ1) is 8.65. The molecule has 1 fully saturated rings. The zero-order valence-corrected chi connectivity index (χ0v) is 11.1. The molecule has 0 bridgehead atoms. The number of phenols is 1. The summed E-state index contributed by atoms with van der Waals surface area (Å²) in [7, 11) is 0. The van der Waals surface area contributed by atoms with Gasteiger partial charge >= 0.3 is 0 Å². The highest BCUT2D eigenvalue weighted by Gasteiger charge is 2.32. The molecule has 0 radical (unpaired) electrons. The number of aliphatic hydroxyl groups excluding tert-OH is 1.